The molecule has 3 heterocycles. The highest BCUT2D eigenvalue weighted by Gasteiger charge is 2.25. The standard InChI is InChI=1S/C23H23F2N3O/c24-17-4-6-21-20(12-17)16(14-26-21)2-1-9-28-10-7-15(8-11-28)23-19-5-3-18(25)13-22(19)29-27-23/h3-6,12-15,26H,1-2,7-11H2. The first-order valence-electron chi connectivity index (χ1n) is 10.2. The van der Waals surface area contributed by atoms with E-state index in [9.17, 15) is 8.78 Å². The molecule has 0 amide bonds. The third-order valence-electron chi connectivity index (χ3n) is 6.09. The Bertz CT molecular complexity index is 1140. The first-order valence-corrected chi connectivity index (χ1v) is 10.2. The second-order valence-electron chi connectivity index (χ2n) is 7.93. The molecule has 6 heteroatoms. The van der Waals surface area contributed by atoms with Crippen molar-refractivity contribution >= 4 is 21.9 Å². The van der Waals surface area contributed by atoms with Crippen molar-refractivity contribution in [3.63, 3.8) is 0 Å². The average molecular weight is 395 g/mol. The number of H-pyrrole nitrogens is 1. The first kappa shape index (κ1) is 18.3. The van der Waals surface area contributed by atoms with Crippen molar-refractivity contribution < 1.29 is 13.3 Å². The molecule has 1 saturated heterocycles. The van der Waals surface area contributed by atoms with Crippen LogP contribution in [0.2, 0.25) is 0 Å². The third-order valence-corrected chi connectivity index (χ3v) is 6.09. The maximum Gasteiger partial charge on any atom is 0.170 e. The number of benzene rings is 2. The lowest BCUT2D eigenvalue weighted by Gasteiger charge is -2.31. The van der Waals surface area contributed by atoms with Crippen molar-refractivity contribution in [2.45, 2.75) is 31.6 Å². The molecule has 0 aliphatic carbocycles. The second-order valence-corrected chi connectivity index (χ2v) is 7.93. The summed E-state index contributed by atoms with van der Waals surface area (Å²) in [7, 11) is 0. The van der Waals surface area contributed by atoms with Gasteiger partial charge in [-0.05, 0) is 81.2 Å². The van der Waals surface area contributed by atoms with Crippen molar-refractivity contribution in [2.75, 3.05) is 19.6 Å². The number of rotatable bonds is 5. The number of piperidine rings is 1. The van der Waals surface area contributed by atoms with E-state index in [1.54, 1.807) is 18.2 Å². The number of aromatic amines is 1. The fourth-order valence-electron chi connectivity index (χ4n) is 4.51. The quantitative estimate of drug-likeness (QED) is 0.492. The Morgan fingerprint density at radius 1 is 1.03 bits per heavy atom. The molecule has 0 unspecified atom stereocenters. The lowest BCUT2D eigenvalue weighted by atomic mass is 9.91. The number of likely N-dealkylation sites (tertiary alicyclic amines) is 1. The molecule has 29 heavy (non-hydrogen) atoms. The molecule has 2 aromatic carbocycles. The van der Waals surface area contributed by atoms with E-state index in [2.05, 4.69) is 15.0 Å². The number of halogens is 2. The molecule has 1 aliphatic heterocycles. The van der Waals surface area contributed by atoms with Crippen molar-refractivity contribution in [3.8, 4) is 0 Å². The Labute approximate surface area is 167 Å². The summed E-state index contributed by atoms with van der Waals surface area (Å²) in [6.07, 6.45) is 6.02. The Kier molecular flexibility index (Phi) is 4.79. The lowest BCUT2D eigenvalue weighted by molar-refractivity contribution is 0.207. The van der Waals surface area contributed by atoms with E-state index < -0.39 is 0 Å². The molecular weight excluding hydrogens is 372 g/mol. The van der Waals surface area contributed by atoms with Crippen molar-refractivity contribution in [3.05, 3.63) is 65.5 Å². The number of hydrogen-bond donors (Lipinski definition) is 1. The summed E-state index contributed by atoms with van der Waals surface area (Å²) in [6.45, 7) is 3.06. The summed E-state index contributed by atoms with van der Waals surface area (Å²) in [5.74, 6) is -0.133. The van der Waals surface area contributed by atoms with Crippen LogP contribution in [0.5, 0.6) is 0 Å². The minimum Gasteiger partial charge on any atom is -0.361 e. The largest absolute Gasteiger partial charge is 0.361 e. The van der Waals surface area contributed by atoms with Crippen molar-refractivity contribution in [2.24, 2.45) is 0 Å². The number of aromatic nitrogens is 2. The van der Waals surface area contributed by atoms with E-state index in [1.165, 1.54) is 23.8 Å². The minimum atomic E-state index is -0.298. The zero-order valence-corrected chi connectivity index (χ0v) is 16.1. The normalized spacial score (nSPS) is 16.2. The number of aryl methyl sites for hydroxylation is 1. The third kappa shape index (κ3) is 3.65. The summed E-state index contributed by atoms with van der Waals surface area (Å²) < 4.78 is 32.2. The predicted molar refractivity (Wildman–Crippen MR) is 109 cm³/mol. The maximum atomic E-state index is 13.5. The van der Waals surface area contributed by atoms with Crippen LogP contribution in [-0.4, -0.2) is 34.7 Å². The van der Waals surface area contributed by atoms with Crippen LogP contribution in [0.1, 0.15) is 36.4 Å². The molecule has 5 rings (SSSR count). The fraction of sp³-hybridized carbons (Fsp3) is 0.348. The van der Waals surface area contributed by atoms with Crippen molar-refractivity contribution in [1.82, 2.24) is 15.0 Å². The molecular formula is C23H23F2N3O. The summed E-state index contributed by atoms with van der Waals surface area (Å²) in [5, 5.41) is 6.13. The molecule has 2 aromatic heterocycles. The fourth-order valence-corrected chi connectivity index (χ4v) is 4.51. The summed E-state index contributed by atoms with van der Waals surface area (Å²) in [6, 6.07) is 9.53. The zero-order chi connectivity index (χ0) is 19.8. The number of fused-ring (bicyclic) bond motifs is 2. The van der Waals surface area contributed by atoms with Gasteiger partial charge in [-0.1, -0.05) is 5.16 Å². The van der Waals surface area contributed by atoms with Gasteiger partial charge in [-0.25, -0.2) is 8.78 Å². The lowest BCUT2D eigenvalue weighted by Crippen LogP contribution is -2.34. The summed E-state index contributed by atoms with van der Waals surface area (Å²) >= 11 is 0. The van der Waals surface area contributed by atoms with Gasteiger partial charge in [-0.3, -0.25) is 0 Å². The van der Waals surface area contributed by atoms with E-state index in [1.807, 2.05) is 6.20 Å². The Balaban J connectivity index is 1.16. The SMILES string of the molecule is Fc1ccc2c(C3CCN(CCCc4c[nH]c5ccc(F)cc45)CC3)noc2c1. The Morgan fingerprint density at radius 2 is 1.83 bits per heavy atom. The van der Waals surface area contributed by atoms with Gasteiger partial charge in [-0.2, -0.15) is 0 Å². The first-order chi connectivity index (χ1) is 14.2. The van der Waals surface area contributed by atoms with Crippen LogP contribution in [0.3, 0.4) is 0 Å². The van der Waals surface area contributed by atoms with Crippen LogP contribution < -0.4 is 0 Å². The van der Waals surface area contributed by atoms with E-state index in [0.717, 1.165) is 67.3 Å². The van der Waals surface area contributed by atoms with Gasteiger partial charge < -0.3 is 14.4 Å². The van der Waals surface area contributed by atoms with E-state index in [4.69, 9.17) is 4.52 Å². The summed E-state index contributed by atoms with van der Waals surface area (Å²) in [5.41, 5.74) is 3.65. The zero-order valence-electron chi connectivity index (χ0n) is 16.1. The summed E-state index contributed by atoms with van der Waals surface area (Å²) in [4.78, 5) is 5.70. The Morgan fingerprint density at radius 3 is 2.69 bits per heavy atom. The highest BCUT2D eigenvalue weighted by atomic mass is 19.1. The average Bonchev–Trinajstić information content (AvgIpc) is 3.32. The molecule has 4 aromatic rings. The molecule has 0 bridgehead atoms. The van der Waals surface area contributed by atoms with Crippen LogP contribution in [0.4, 0.5) is 8.78 Å². The van der Waals surface area contributed by atoms with Gasteiger partial charge in [0, 0.05) is 34.5 Å². The van der Waals surface area contributed by atoms with Gasteiger partial charge in [0.15, 0.2) is 5.58 Å². The van der Waals surface area contributed by atoms with Gasteiger partial charge >= 0.3 is 0 Å². The molecule has 0 spiro atoms. The van der Waals surface area contributed by atoms with Gasteiger partial charge in [0.1, 0.15) is 11.6 Å². The Hall–Kier alpha value is -2.73. The van der Waals surface area contributed by atoms with Crippen LogP contribution >= 0.6 is 0 Å². The highest BCUT2D eigenvalue weighted by Crippen LogP contribution is 2.33. The number of hydrogen-bond acceptors (Lipinski definition) is 3. The smallest absolute Gasteiger partial charge is 0.170 e. The molecule has 0 saturated carbocycles. The van der Waals surface area contributed by atoms with Gasteiger partial charge in [0.2, 0.25) is 0 Å². The second kappa shape index (κ2) is 7.59. The monoisotopic (exact) mass is 395 g/mol. The molecule has 4 nitrogen and oxygen atoms in total. The molecule has 1 aliphatic rings. The van der Waals surface area contributed by atoms with Gasteiger partial charge in [0.25, 0.3) is 0 Å². The van der Waals surface area contributed by atoms with E-state index >= 15 is 0 Å². The number of nitrogens with one attached hydrogen (secondary N) is 1. The van der Waals surface area contributed by atoms with Crippen LogP contribution in [0.25, 0.3) is 21.9 Å². The van der Waals surface area contributed by atoms with Crippen LogP contribution in [0, 0.1) is 11.6 Å². The maximum absolute atomic E-state index is 13.5. The van der Waals surface area contributed by atoms with Crippen LogP contribution in [0.15, 0.2) is 47.1 Å². The molecule has 0 radical (unpaired) electrons. The minimum absolute atomic E-state index is 0.191. The van der Waals surface area contributed by atoms with Crippen molar-refractivity contribution in [1.29, 1.82) is 0 Å². The van der Waals surface area contributed by atoms with E-state index in [-0.39, 0.29) is 11.6 Å². The molecule has 150 valence electrons. The van der Waals surface area contributed by atoms with E-state index in [0.29, 0.717) is 11.5 Å². The highest BCUT2D eigenvalue weighted by molar-refractivity contribution is 5.83. The molecule has 1 fully saturated rings. The molecule has 1 N–H and O–H groups in total. The van der Waals surface area contributed by atoms with Gasteiger partial charge in [0.05, 0.1) is 5.69 Å². The predicted octanol–water partition coefficient (Wildman–Crippen LogP) is 5.40. The molecule has 0 atom stereocenters. The van der Waals surface area contributed by atoms with Crippen LogP contribution in [-0.2, 0) is 6.42 Å². The number of nitrogens with zero attached hydrogens (tertiary/aromatic N) is 2. The topological polar surface area (TPSA) is 45.1 Å². The van der Waals surface area contributed by atoms with Gasteiger partial charge in [-0.15, -0.1) is 0 Å².